The van der Waals surface area contributed by atoms with Gasteiger partial charge < -0.3 is 14.3 Å². The number of ether oxygens (including phenoxy) is 2. The fraction of sp³-hybridized carbons (Fsp3) is 0.571. The quantitative estimate of drug-likeness (QED) is 0.170. The predicted octanol–water partition coefficient (Wildman–Crippen LogP) is 10.1. The molecule has 0 heterocycles. The standard InChI is InChI=1S/C42H52O6S/c1-25(43)23-38(5)15-16-39(6)17-19-41(8)33-22-32(49-37(46)29-13-11-10-12-14-29)35-26(2)36(48-28(4)45)31(47-27(3)44)21-30(35)40(33,7)18-20-42(41,9)34(39)24-38/h10-14,21-22,32,34H,15-20,23-24H2,1-9H3/t32?,34-,38+,39-,40+,41-,42+/m1/s1. The Balaban J connectivity index is 1.54. The monoisotopic (exact) mass is 684 g/mol. The highest BCUT2D eigenvalue weighted by molar-refractivity contribution is 8.14. The minimum atomic E-state index is -0.505. The first kappa shape index (κ1) is 35.6. The number of hydrogen-bond donors (Lipinski definition) is 0. The second kappa shape index (κ2) is 12.2. The van der Waals surface area contributed by atoms with Crippen molar-refractivity contribution in [3.63, 3.8) is 0 Å². The van der Waals surface area contributed by atoms with Crippen LogP contribution in [0.5, 0.6) is 11.5 Å². The number of carbonyl (C=O) groups excluding carboxylic acids is 4. The van der Waals surface area contributed by atoms with E-state index in [1.165, 1.54) is 31.2 Å². The third kappa shape index (κ3) is 5.82. The SMILES string of the molecule is CC(=O)C[C@]1(C)CC[C@]2(C)CC[C@]3(C)C4=CC(SC(=O)c5ccccc5)c5c(cc(OC(C)=O)c(OC(C)=O)c5C)[C@]4(C)CC[C@@]3(C)[C@@H]2C1. The van der Waals surface area contributed by atoms with Gasteiger partial charge in [-0.1, -0.05) is 88.4 Å². The molecule has 4 aliphatic carbocycles. The van der Waals surface area contributed by atoms with E-state index in [9.17, 15) is 19.2 Å². The lowest BCUT2D eigenvalue weighted by Crippen LogP contribution is -2.62. The molecule has 0 N–H and O–H groups in total. The summed E-state index contributed by atoms with van der Waals surface area (Å²) in [5, 5.41) is -0.366. The molecule has 0 spiro atoms. The Kier molecular flexibility index (Phi) is 8.90. The third-order valence-electron chi connectivity index (χ3n) is 13.5. The molecule has 4 aliphatic rings. The molecule has 7 heteroatoms. The largest absolute Gasteiger partial charge is 0.423 e. The number of fused-ring (bicyclic) bond motifs is 7. The summed E-state index contributed by atoms with van der Waals surface area (Å²) >= 11 is 1.30. The van der Waals surface area contributed by atoms with Gasteiger partial charge in [0.25, 0.3) is 0 Å². The smallest absolute Gasteiger partial charge is 0.308 e. The highest BCUT2D eigenvalue weighted by Gasteiger charge is 2.67. The lowest BCUT2D eigenvalue weighted by Gasteiger charge is -2.70. The maximum atomic E-state index is 13.9. The number of Topliss-reactive ketones (excluding diaryl/α,β-unsaturated/α-hetero) is 1. The van der Waals surface area contributed by atoms with Gasteiger partial charge in [0.1, 0.15) is 5.78 Å². The average Bonchev–Trinajstić information content (AvgIpc) is 3.02. The van der Waals surface area contributed by atoms with Gasteiger partial charge in [-0.05, 0) is 104 Å². The number of esters is 2. The molecule has 2 aromatic rings. The minimum Gasteiger partial charge on any atom is -0.423 e. The van der Waals surface area contributed by atoms with E-state index in [4.69, 9.17) is 9.47 Å². The van der Waals surface area contributed by atoms with E-state index in [0.29, 0.717) is 23.5 Å². The maximum absolute atomic E-state index is 13.9. The first-order valence-electron chi connectivity index (χ1n) is 17.9. The number of carbonyl (C=O) groups is 4. The molecule has 0 radical (unpaired) electrons. The molecule has 0 amide bonds. The van der Waals surface area contributed by atoms with Gasteiger partial charge in [-0.25, -0.2) is 0 Å². The van der Waals surface area contributed by atoms with Gasteiger partial charge in [0.15, 0.2) is 11.5 Å². The Hall–Kier alpha value is -3.19. The molecule has 1 unspecified atom stereocenters. The highest BCUT2D eigenvalue weighted by atomic mass is 32.2. The van der Waals surface area contributed by atoms with E-state index in [0.717, 1.165) is 56.1 Å². The fourth-order valence-corrected chi connectivity index (χ4v) is 12.0. The number of benzene rings is 2. The van der Waals surface area contributed by atoms with Crippen molar-refractivity contribution >= 4 is 34.6 Å². The summed E-state index contributed by atoms with van der Waals surface area (Å²) in [6, 6.07) is 11.3. The zero-order valence-corrected chi connectivity index (χ0v) is 31.5. The summed E-state index contributed by atoms with van der Waals surface area (Å²) in [4.78, 5) is 51.1. The van der Waals surface area contributed by atoms with Crippen molar-refractivity contribution in [2.75, 3.05) is 0 Å². The Labute approximate surface area is 296 Å². The number of hydrogen-bond acceptors (Lipinski definition) is 7. The van der Waals surface area contributed by atoms with Crippen molar-refractivity contribution in [2.24, 2.45) is 27.6 Å². The summed E-state index contributed by atoms with van der Waals surface area (Å²) in [7, 11) is 0. The van der Waals surface area contributed by atoms with Crippen LogP contribution in [-0.4, -0.2) is 22.8 Å². The second-order valence-corrected chi connectivity index (χ2v) is 18.0. The van der Waals surface area contributed by atoms with Gasteiger partial charge in [0, 0.05) is 36.8 Å². The molecule has 0 aromatic heterocycles. The van der Waals surface area contributed by atoms with E-state index >= 15 is 0 Å². The molecule has 2 aromatic carbocycles. The van der Waals surface area contributed by atoms with Gasteiger partial charge in [-0.15, -0.1) is 0 Å². The van der Waals surface area contributed by atoms with E-state index in [-0.39, 0.29) is 49.3 Å². The van der Waals surface area contributed by atoms with Crippen LogP contribution in [0.1, 0.15) is 139 Å². The normalized spacial score (nSPS) is 34.7. The van der Waals surface area contributed by atoms with Gasteiger partial charge in [0.2, 0.25) is 5.12 Å². The molecule has 0 bridgehead atoms. The van der Waals surface area contributed by atoms with E-state index in [1.807, 2.05) is 43.3 Å². The molecular formula is C42H52O6S. The molecule has 262 valence electrons. The Morgan fingerprint density at radius 2 is 1.49 bits per heavy atom. The van der Waals surface area contributed by atoms with E-state index in [2.05, 4.69) is 40.7 Å². The van der Waals surface area contributed by atoms with Crippen molar-refractivity contribution in [3.05, 3.63) is 70.3 Å². The van der Waals surface area contributed by atoms with Crippen LogP contribution in [-0.2, 0) is 19.8 Å². The third-order valence-corrected chi connectivity index (χ3v) is 14.6. The van der Waals surface area contributed by atoms with Gasteiger partial charge >= 0.3 is 11.9 Å². The van der Waals surface area contributed by atoms with Crippen LogP contribution in [0.15, 0.2) is 48.0 Å². The van der Waals surface area contributed by atoms with Crippen LogP contribution < -0.4 is 9.47 Å². The minimum absolute atomic E-state index is 0.00475. The van der Waals surface area contributed by atoms with E-state index in [1.54, 1.807) is 6.92 Å². The molecule has 7 atom stereocenters. The lowest BCUT2D eigenvalue weighted by molar-refractivity contribution is -0.161. The Morgan fingerprint density at radius 3 is 2.12 bits per heavy atom. The molecule has 0 aliphatic heterocycles. The first-order chi connectivity index (χ1) is 22.9. The van der Waals surface area contributed by atoms with Crippen LogP contribution >= 0.6 is 11.8 Å². The lowest BCUT2D eigenvalue weighted by atomic mass is 9.34. The fourth-order valence-electron chi connectivity index (χ4n) is 10.9. The predicted molar refractivity (Wildman–Crippen MR) is 194 cm³/mol. The number of rotatable bonds is 6. The highest BCUT2D eigenvalue weighted by Crippen LogP contribution is 2.75. The molecular weight excluding hydrogens is 633 g/mol. The van der Waals surface area contributed by atoms with Crippen LogP contribution in [0.2, 0.25) is 0 Å². The first-order valence-corrected chi connectivity index (χ1v) is 18.8. The summed E-state index contributed by atoms with van der Waals surface area (Å²) in [5.74, 6) is 0.191. The molecule has 49 heavy (non-hydrogen) atoms. The molecule has 3 fully saturated rings. The van der Waals surface area contributed by atoms with Crippen LogP contribution in [0.3, 0.4) is 0 Å². The summed E-state index contributed by atoms with van der Waals surface area (Å²) in [6.07, 6.45) is 10.3. The Bertz CT molecular complexity index is 1760. The molecule has 3 saturated carbocycles. The second-order valence-electron chi connectivity index (χ2n) is 16.9. The molecule has 6 nitrogen and oxygen atoms in total. The Morgan fingerprint density at radius 1 is 0.837 bits per heavy atom. The number of thioether (sulfide) groups is 1. The van der Waals surface area contributed by atoms with Crippen molar-refractivity contribution in [3.8, 4) is 11.5 Å². The zero-order valence-electron chi connectivity index (χ0n) is 30.7. The summed E-state index contributed by atoms with van der Waals surface area (Å²) in [5.41, 5.74) is 4.30. The van der Waals surface area contributed by atoms with Gasteiger partial charge in [0.05, 0.1) is 5.25 Å². The number of ketones is 1. The zero-order chi connectivity index (χ0) is 35.7. The number of allylic oxidation sites excluding steroid dienone is 1. The van der Waals surface area contributed by atoms with Crippen molar-refractivity contribution in [2.45, 2.75) is 124 Å². The topological polar surface area (TPSA) is 86.7 Å². The summed E-state index contributed by atoms with van der Waals surface area (Å²) < 4.78 is 11.5. The van der Waals surface area contributed by atoms with Crippen molar-refractivity contribution in [1.29, 1.82) is 0 Å². The molecule has 0 saturated heterocycles. The van der Waals surface area contributed by atoms with Gasteiger partial charge in [-0.2, -0.15) is 0 Å². The van der Waals surface area contributed by atoms with E-state index < -0.39 is 17.4 Å². The average molecular weight is 685 g/mol. The van der Waals surface area contributed by atoms with Crippen LogP contribution in [0.4, 0.5) is 0 Å². The van der Waals surface area contributed by atoms with Crippen LogP contribution in [0, 0.1) is 34.5 Å². The molecule has 6 rings (SSSR count). The maximum Gasteiger partial charge on any atom is 0.308 e. The van der Waals surface area contributed by atoms with Crippen molar-refractivity contribution < 1.29 is 28.7 Å². The van der Waals surface area contributed by atoms with Gasteiger partial charge in [-0.3, -0.25) is 14.4 Å². The summed E-state index contributed by atoms with van der Waals surface area (Å²) in [6.45, 7) is 18.5. The van der Waals surface area contributed by atoms with Crippen LogP contribution in [0.25, 0.3) is 0 Å². The van der Waals surface area contributed by atoms with Crippen molar-refractivity contribution in [1.82, 2.24) is 0 Å².